The summed E-state index contributed by atoms with van der Waals surface area (Å²) in [5, 5.41) is 26.1. The van der Waals surface area contributed by atoms with Gasteiger partial charge in [0, 0.05) is 0 Å². The van der Waals surface area contributed by atoms with Crippen LogP contribution < -0.4 is 0 Å². The number of phenolic OH excluding ortho intramolecular Hbond substituents is 1. The molecule has 0 bridgehead atoms. The summed E-state index contributed by atoms with van der Waals surface area (Å²) < 4.78 is 0. The smallest absolute Gasteiger partial charge is 0.115 e. The summed E-state index contributed by atoms with van der Waals surface area (Å²) in [7, 11) is 0. The van der Waals surface area contributed by atoms with E-state index in [1.807, 2.05) is 0 Å². The summed E-state index contributed by atoms with van der Waals surface area (Å²) in [5.74, 6) is 0.205. The molecule has 0 spiro atoms. The number of aliphatic hydroxyl groups excluding tert-OH is 1. The molecule has 0 atom stereocenters. The van der Waals surface area contributed by atoms with Crippen LogP contribution in [0.1, 0.15) is 5.56 Å². The first-order chi connectivity index (χ1) is 8.28. The van der Waals surface area contributed by atoms with Gasteiger partial charge in [0.25, 0.3) is 0 Å². The van der Waals surface area contributed by atoms with Crippen molar-refractivity contribution >= 4 is 11.4 Å². The van der Waals surface area contributed by atoms with Gasteiger partial charge >= 0.3 is 0 Å². The molecule has 2 N–H and O–H groups in total. The monoisotopic (exact) mass is 228 g/mol. The molecular formula is C13H12N2O2. The minimum atomic E-state index is 0.0232. The minimum absolute atomic E-state index is 0.0232. The molecule has 0 aliphatic rings. The summed E-state index contributed by atoms with van der Waals surface area (Å²) >= 11 is 0. The van der Waals surface area contributed by atoms with Crippen molar-refractivity contribution in [3.63, 3.8) is 0 Å². The average Bonchev–Trinajstić information content (AvgIpc) is 2.39. The molecule has 0 aromatic heterocycles. The Balaban J connectivity index is 2.11. The van der Waals surface area contributed by atoms with E-state index in [4.69, 9.17) is 10.2 Å². The SMILES string of the molecule is OCc1ccc(/N=N/c2ccc(O)cc2)cc1. The highest BCUT2D eigenvalue weighted by Gasteiger charge is 1.93. The van der Waals surface area contributed by atoms with Crippen molar-refractivity contribution in [2.24, 2.45) is 10.2 Å². The number of benzene rings is 2. The van der Waals surface area contributed by atoms with Crippen LogP contribution in [-0.2, 0) is 6.61 Å². The van der Waals surface area contributed by atoms with Crippen molar-refractivity contribution < 1.29 is 10.2 Å². The quantitative estimate of drug-likeness (QED) is 0.791. The molecule has 4 nitrogen and oxygen atoms in total. The molecular weight excluding hydrogens is 216 g/mol. The number of phenols is 1. The van der Waals surface area contributed by atoms with Crippen LogP contribution in [0.25, 0.3) is 0 Å². The number of nitrogens with zero attached hydrogens (tertiary/aromatic N) is 2. The van der Waals surface area contributed by atoms with Crippen LogP contribution in [0.5, 0.6) is 5.75 Å². The summed E-state index contributed by atoms with van der Waals surface area (Å²) in [6.07, 6.45) is 0. The zero-order valence-corrected chi connectivity index (χ0v) is 9.11. The lowest BCUT2D eigenvalue weighted by molar-refractivity contribution is 0.282. The van der Waals surface area contributed by atoms with E-state index in [-0.39, 0.29) is 12.4 Å². The molecule has 2 rings (SSSR count). The van der Waals surface area contributed by atoms with Gasteiger partial charge in [-0.05, 0) is 42.0 Å². The fourth-order valence-corrected chi connectivity index (χ4v) is 1.30. The highest BCUT2D eigenvalue weighted by atomic mass is 16.3. The summed E-state index contributed by atoms with van der Waals surface area (Å²) in [4.78, 5) is 0. The Labute approximate surface area is 98.9 Å². The molecule has 17 heavy (non-hydrogen) atoms. The molecule has 0 fully saturated rings. The van der Waals surface area contributed by atoms with Crippen molar-refractivity contribution in [1.82, 2.24) is 0 Å². The number of hydrogen-bond donors (Lipinski definition) is 2. The van der Waals surface area contributed by atoms with Crippen molar-refractivity contribution in [3.05, 3.63) is 54.1 Å². The largest absolute Gasteiger partial charge is 0.508 e. The van der Waals surface area contributed by atoms with Gasteiger partial charge in [-0.25, -0.2) is 0 Å². The van der Waals surface area contributed by atoms with Crippen molar-refractivity contribution in [1.29, 1.82) is 0 Å². The van der Waals surface area contributed by atoms with E-state index >= 15 is 0 Å². The second kappa shape index (κ2) is 5.23. The van der Waals surface area contributed by atoms with Gasteiger partial charge in [0.05, 0.1) is 18.0 Å². The predicted molar refractivity (Wildman–Crippen MR) is 64.6 cm³/mol. The van der Waals surface area contributed by atoms with E-state index in [0.29, 0.717) is 5.69 Å². The van der Waals surface area contributed by atoms with Crippen LogP contribution >= 0.6 is 0 Å². The third-order valence-electron chi connectivity index (χ3n) is 2.25. The van der Waals surface area contributed by atoms with Crippen LogP contribution in [0.3, 0.4) is 0 Å². The number of aromatic hydroxyl groups is 1. The van der Waals surface area contributed by atoms with Gasteiger partial charge in [0.15, 0.2) is 0 Å². The molecule has 4 heteroatoms. The lowest BCUT2D eigenvalue weighted by atomic mass is 10.2. The molecule has 86 valence electrons. The zero-order valence-electron chi connectivity index (χ0n) is 9.11. The summed E-state index contributed by atoms with van der Waals surface area (Å²) in [5.41, 5.74) is 2.23. The molecule has 0 radical (unpaired) electrons. The van der Waals surface area contributed by atoms with Gasteiger partial charge < -0.3 is 10.2 Å². The van der Waals surface area contributed by atoms with Gasteiger partial charge in [-0.2, -0.15) is 10.2 Å². The average molecular weight is 228 g/mol. The van der Waals surface area contributed by atoms with Gasteiger partial charge in [-0.15, -0.1) is 0 Å². The van der Waals surface area contributed by atoms with Gasteiger partial charge in [0.1, 0.15) is 5.75 Å². The predicted octanol–water partition coefficient (Wildman–Crippen LogP) is 3.30. The highest BCUT2D eigenvalue weighted by Crippen LogP contribution is 2.20. The van der Waals surface area contributed by atoms with E-state index in [1.165, 1.54) is 0 Å². The second-order valence-electron chi connectivity index (χ2n) is 3.54. The van der Waals surface area contributed by atoms with Crippen LogP contribution in [0.2, 0.25) is 0 Å². The molecule has 0 aliphatic carbocycles. The van der Waals surface area contributed by atoms with Crippen LogP contribution in [0, 0.1) is 0 Å². The Morgan fingerprint density at radius 3 is 1.71 bits per heavy atom. The first-order valence-corrected chi connectivity index (χ1v) is 5.18. The molecule has 0 amide bonds. The Morgan fingerprint density at radius 1 is 0.765 bits per heavy atom. The molecule has 2 aromatic rings. The second-order valence-corrected chi connectivity index (χ2v) is 3.54. The fraction of sp³-hybridized carbons (Fsp3) is 0.0769. The minimum Gasteiger partial charge on any atom is -0.508 e. The molecule has 0 saturated carbocycles. The maximum Gasteiger partial charge on any atom is 0.115 e. The Morgan fingerprint density at radius 2 is 1.24 bits per heavy atom. The standard InChI is InChI=1S/C13H12N2O2/c16-9-10-1-3-11(4-2-10)14-15-12-5-7-13(17)8-6-12/h1-8,16-17H,9H2/b15-14+. The topological polar surface area (TPSA) is 65.2 Å². The van der Waals surface area contributed by atoms with Crippen LogP contribution in [0.4, 0.5) is 11.4 Å². The molecule has 0 saturated heterocycles. The van der Waals surface area contributed by atoms with Gasteiger partial charge in [-0.3, -0.25) is 0 Å². The first kappa shape index (κ1) is 11.3. The van der Waals surface area contributed by atoms with Crippen LogP contribution in [0.15, 0.2) is 58.8 Å². The number of rotatable bonds is 3. The lowest BCUT2D eigenvalue weighted by Gasteiger charge is -1.96. The van der Waals surface area contributed by atoms with Crippen molar-refractivity contribution in [2.45, 2.75) is 6.61 Å². The van der Waals surface area contributed by atoms with E-state index in [1.54, 1.807) is 48.5 Å². The summed E-state index contributed by atoms with van der Waals surface area (Å²) in [6.45, 7) is 0.0232. The van der Waals surface area contributed by atoms with Gasteiger partial charge in [-0.1, -0.05) is 12.1 Å². The number of hydrogen-bond acceptors (Lipinski definition) is 4. The molecule has 0 unspecified atom stereocenters. The van der Waals surface area contributed by atoms with Crippen molar-refractivity contribution in [2.75, 3.05) is 0 Å². The molecule has 2 aromatic carbocycles. The zero-order chi connectivity index (χ0) is 12.1. The Hall–Kier alpha value is -2.20. The third-order valence-corrected chi connectivity index (χ3v) is 2.25. The number of azo groups is 1. The maximum absolute atomic E-state index is 9.10. The summed E-state index contributed by atoms with van der Waals surface area (Å²) in [6, 6.07) is 13.6. The number of aliphatic hydroxyl groups is 1. The van der Waals surface area contributed by atoms with Gasteiger partial charge in [0.2, 0.25) is 0 Å². The Bertz CT molecular complexity index is 504. The lowest BCUT2D eigenvalue weighted by Crippen LogP contribution is -1.79. The third kappa shape index (κ3) is 3.12. The Kier molecular flexibility index (Phi) is 3.47. The van der Waals surface area contributed by atoms with E-state index < -0.39 is 0 Å². The van der Waals surface area contributed by atoms with E-state index in [9.17, 15) is 0 Å². The first-order valence-electron chi connectivity index (χ1n) is 5.18. The van der Waals surface area contributed by atoms with E-state index in [2.05, 4.69) is 10.2 Å². The van der Waals surface area contributed by atoms with Crippen molar-refractivity contribution in [3.8, 4) is 5.75 Å². The van der Waals surface area contributed by atoms with Crippen LogP contribution in [-0.4, -0.2) is 10.2 Å². The fourth-order valence-electron chi connectivity index (χ4n) is 1.30. The maximum atomic E-state index is 9.10. The molecule has 0 aliphatic heterocycles. The van der Waals surface area contributed by atoms with E-state index in [0.717, 1.165) is 11.3 Å². The molecule has 0 heterocycles. The normalized spacial score (nSPS) is 10.9. The highest BCUT2D eigenvalue weighted by molar-refractivity contribution is 5.42.